The van der Waals surface area contributed by atoms with E-state index in [0.717, 1.165) is 31.4 Å². The van der Waals surface area contributed by atoms with Gasteiger partial charge in [0.1, 0.15) is 0 Å². The third-order valence-electron chi connectivity index (χ3n) is 4.88. The predicted molar refractivity (Wildman–Crippen MR) is 98.9 cm³/mol. The number of esters is 1. The first-order valence-electron chi connectivity index (χ1n) is 9.62. The van der Waals surface area contributed by atoms with Gasteiger partial charge in [-0.05, 0) is 45.6 Å². The van der Waals surface area contributed by atoms with Gasteiger partial charge in [0, 0.05) is 13.2 Å². The van der Waals surface area contributed by atoms with E-state index in [-0.39, 0.29) is 35.4 Å². The maximum atomic E-state index is 12.8. The van der Waals surface area contributed by atoms with Gasteiger partial charge in [-0.25, -0.2) is 13.4 Å². The van der Waals surface area contributed by atoms with E-state index in [1.165, 1.54) is 0 Å². The third kappa shape index (κ3) is 5.52. The van der Waals surface area contributed by atoms with Crippen molar-refractivity contribution in [3.63, 3.8) is 0 Å². The lowest BCUT2D eigenvalue weighted by Crippen LogP contribution is -2.29. The Hall–Kier alpha value is -1.45. The lowest BCUT2D eigenvalue weighted by Gasteiger charge is -2.19. The molecular weight excluding hydrogens is 370 g/mol. The van der Waals surface area contributed by atoms with Crippen molar-refractivity contribution in [3.05, 3.63) is 11.9 Å². The van der Waals surface area contributed by atoms with Gasteiger partial charge in [0.25, 0.3) is 0 Å². The minimum Gasteiger partial charge on any atom is -0.465 e. The number of hydrogen-bond donors (Lipinski definition) is 0. The highest BCUT2D eigenvalue weighted by atomic mass is 32.2. The highest BCUT2D eigenvalue weighted by Crippen LogP contribution is 2.32. The Kier molecular flexibility index (Phi) is 6.54. The average molecular weight is 400 g/mol. The molecule has 0 radical (unpaired) electrons. The Balaban J connectivity index is 1.78. The third-order valence-corrected chi connectivity index (χ3v) is 6.67. The topological polar surface area (TPSA) is 90.7 Å². The minimum atomic E-state index is -3.43. The van der Waals surface area contributed by atoms with Crippen LogP contribution < -0.4 is 0 Å². The number of nitrogens with zero attached hydrogens (tertiary/aromatic N) is 3. The lowest BCUT2D eigenvalue weighted by molar-refractivity contribution is -0.144. The molecule has 9 heteroatoms. The quantitative estimate of drug-likeness (QED) is 0.547. The molecule has 1 atom stereocenters. The fraction of sp³-hybridized carbons (Fsp3) is 0.778. The number of hydrogen-bond acceptors (Lipinski definition) is 7. The van der Waals surface area contributed by atoms with Gasteiger partial charge in [-0.15, -0.1) is 0 Å². The van der Waals surface area contributed by atoms with Crippen molar-refractivity contribution in [2.45, 2.75) is 57.0 Å². The van der Waals surface area contributed by atoms with E-state index in [1.54, 1.807) is 29.6 Å². The molecule has 1 saturated carbocycles. The molecular formula is C18H29N3O5S. The average Bonchev–Trinajstić information content (AvgIpc) is 3.07. The largest absolute Gasteiger partial charge is 0.465 e. The zero-order chi connectivity index (χ0) is 19.4. The second-order valence-electron chi connectivity index (χ2n) is 7.48. The molecule has 0 spiro atoms. The monoisotopic (exact) mass is 399 g/mol. The van der Waals surface area contributed by atoms with Crippen molar-refractivity contribution in [2.75, 3.05) is 32.6 Å². The Morgan fingerprint density at radius 3 is 2.81 bits per heavy atom. The number of carbonyl (C=O) groups excluding carboxylic acids is 1. The fourth-order valence-corrected chi connectivity index (χ4v) is 5.23. The van der Waals surface area contributed by atoms with Crippen molar-refractivity contribution >= 4 is 15.8 Å². The highest BCUT2D eigenvalue weighted by molar-refractivity contribution is 7.91. The number of ether oxygens (including phenoxy) is 2. The van der Waals surface area contributed by atoms with E-state index in [9.17, 15) is 13.2 Å². The summed E-state index contributed by atoms with van der Waals surface area (Å²) in [5.74, 6) is 0.123. The van der Waals surface area contributed by atoms with Gasteiger partial charge in [0.05, 0.1) is 43.4 Å². The van der Waals surface area contributed by atoms with Crippen LogP contribution in [-0.4, -0.2) is 67.5 Å². The summed E-state index contributed by atoms with van der Waals surface area (Å²) in [6, 6.07) is 0. The van der Waals surface area contributed by atoms with E-state index >= 15 is 0 Å². The van der Waals surface area contributed by atoms with Crippen LogP contribution in [0, 0.1) is 5.92 Å². The first-order valence-corrected chi connectivity index (χ1v) is 11.3. The highest BCUT2D eigenvalue weighted by Gasteiger charge is 2.33. The molecule has 27 heavy (non-hydrogen) atoms. The maximum absolute atomic E-state index is 12.8. The van der Waals surface area contributed by atoms with Crippen LogP contribution in [0.3, 0.4) is 0 Å². The van der Waals surface area contributed by atoms with Crippen LogP contribution >= 0.6 is 0 Å². The first kappa shape index (κ1) is 20.3. The van der Waals surface area contributed by atoms with E-state index < -0.39 is 9.84 Å². The van der Waals surface area contributed by atoms with Gasteiger partial charge in [-0.3, -0.25) is 9.69 Å². The van der Waals surface area contributed by atoms with Gasteiger partial charge >= 0.3 is 5.97 Å². The van der Waals surface area contributed by atoms with Crippen molar-refractivity contribution in [3.8, 4) is 0 Å². The fourth-order valence-electron chi connectivity index (χ4n) is 3.38. The van der Waals surface area contributed by atoms with Crippen LogP contribution in [0.2, 0.25) is 0 Å². The number of carbonyl (C=O) groups is 1. The molecule has 0 bridgehead atoms. The van der Waals surface area contributed by atoms with Crippen LogP contribution in [0.1, 0.15) is 38.3 Å². The number of likely N-dealkylation sites (N-methyl/N-ethyl adjacent to an activating group) is 1. The van der Waals surface area contributed by atoms with Crippen LogP contribution in [-0.2, 0) is 37.2 Å². The molecule has 2 heterocycles. The molecule has 3 rings (SSSR count). The van der Waals surface area contributed by atoms with Crippen LogP contribution in [0.5, 0.6) is 0 Å². The van der Waals surface area contributed by atoms with E-state index in [1.807, 2.05) is 0 Å². The Morgan fingerprint density at radius 2 is 2.19 bits per heavy atom. The van der Waals surface area contributed by atoms with Crippen LogP contribution in [0.4, 0.5) is 0 Å². The molecule has 0 amide bonds. The van der Waals surface area contributed by atoms with Crippen LogP contribution in [0.25, 0.3) is 0 Å². The molecule has 1 saturated heterocycles. The molecule has 1 unspecified atom stereocenters. The van der Waals surface area contributed by atoms with Crippen LogP contribution in [0.15, 0.2) is 11.4 Å². The van der Waals surface area contributed by atoms with Crippen molar-refractivity contribution in [1.82, 2.24) is 14.5 Å². The Labute approximate surface area is 160 Å². The maximum Gasteiger partial charge on any atom is 0.320 e. The molecule has 1 aromatic heterocycles. The Morgan fingerprint density at radius 1 is 1.41 bits per heavy atom. The summed E-state index contributed by atoms with van der Waals surface area (Å²) in [6.45, 7) is 3.85. The minimum absolute atomic E-state index is 0.00295. The Bertz CT molecular complexity index is 751. The molecule has 2 fully saturated rings. The number of sulfone groups is 1. The second-order valence-corrected chi connectivity index (χ2v) is 9.41. The summed E-state index contributed by atoms with van der Waals surface area (Å²) >= 11 is 0. The van der Waals surface area contributed by atoms with Crippen molar-refractivity contribution in [2.24, 2.45) is 5.92 Å². The van der Waals surface area contributed by atoms with Crippen molar-refractivity contribution in [1.29, 1.82) is 0 Å². The van der Waals surface area contributed by atoms with E-state index in [2.05, 4.69) is 4.98 Å². The standard InChI is InChI=1S/C18H29N3O5S/c1-3-25-17(22)12-20(2)10-15-9-19-18(27(23,24)13-14-6-7-14)21(15)11-16-5-4-8-26-16/h9,14,16H,3-8,10-13H2,1-2H3. The van der Waals surface area contributed by atoms with Crippen molar-refractivity contribution < 1.29 is 22.7 Å². The van der Waals surface area contributed by atoms with Gasteiger partial charge in [0.15, 0.2) is 0 Å². The smallest absolute Gasteiger partial charge is 0.320 e. The predicted octanol–water partition coefficient (Wildman–Crippen LogP) is 1.24. The summed E-state index contributed by atoms with van der Waals surface area (Å²) in [7, 11) is -1.63. The van der Waals surface area contributed by atoms with Gasteiger partial charge in [-0.2, -0.15) is 0 Å². The molecule has 2 aliphatic rings. The molecule has 0 N–H and O–H groups in total. The molecule has 8 nitrogen and oxygen atoms in total. The zero-order valence-electron chi connectivity index (χ0n) is 16.1. The summed E-state index contributed by atoms with van der Waals surface area (Å²) in [6.07, 6.45) is 5.46. The van der Waals surface area contributed by atoms with Gasteiger partial charge < -0.3 is 14.0 Å². The molecule has 152 valence electrons. The van der Waals surface area contributed by atoms with Gasteiger partial charge in [0.2, 0.25) is 15.0 Å². The second kappa shape index (κ2) is 8.70. The zero-order valence-corrected chi connectivity index (χ0v) is 16.9. The molecule has 1 aliphatic carbocycles. The summed E-state index contributed by atoms with van der Waals surface area (Å²) in [4.78, 5) is 17.8. The number of imidazole rings is 1. The number of rotatable bonds is 10. The van der Waals surface area contributed by atoms with E-state index in [0.29, 0.717) is 26.3 Å². The molecule has 1 aliphatic heterocycles. The summed E-state index contributed by atoms with van der Waals surface area (Å²) < 4.78 is 38.1. The normalized spacial score (nSPS) is 20.3. The summed E-state index contributed by atoms with van der Waals surface area (Å²) in [5, 5.41) is 0.129. The van der Waals surface area contributed by atoms with E-state index in [4.69, 9.17) is 9.47 Å². The summed E-state index contributed by atoms with van der Waals surface area (Å²) in [5.41, 5.74) is 0.770. The number of aromatic nitrogens is 2. The SMILES string of the molecule is CCOC(=O)CN(C)Cc1cnc(S(=O)(=O)CC2CC2)n1CC1CCCO1. The van der Waals surface area contributed by atoms with Gasteiger partial charge in [-0.1, -0.05) is 0 Å². The first-order chi connectivity index (χ1) is 12.9. The lowest BCUT2D eigenvalue weighted by atomic mass is 10.2. The molecule has 0 aromatic carbocycles. The molecule has 1 aromatic rings.